The molecular formula is C32H39N5O6. The Morgan fingerprint density at radius 3 is 2.49 bits per heavy atom. The molecule has 0 aliphatic carbocycles. The molecular weight excluding hydrogens is 550 g/mol. The fourth-order valence-electron chi connectivity index (χ4n) is 5.38. The Balaban J connectivity index is 1.54. The molecule has 43 heavy (non-hydrogen) atoms. The third-order valence-electron chi connectivity index (χ3n) is 7.56. The molecule has 0 saturated carbocycles. The third-order valence-corrected chi connectivity index (χ3v) is 7.56. The lowest BCUT2D eigenvalue weighted by Crippen LogP contribution is -2.56. The minimum absolute atomic E-state index is 0.0269. The Kier molecular flexibility index (Phi) is 10.6. The molecule has 0 spiro atoms. The van der Waals surface area contributed by atoms with Gasteiger partial charge < -0.3 is 30.6 Å². The number of hydrogen-bond acceptors (Lipinski definition) is 7. The minimum atomic E-state index is -1.05. The van der Waals surface area contributed by atoms with Crippen molar-refractivity contribution in [1.82, 2.24) is 26.4 Å². The van der Waals surface area contributed by atoms with Crippen LogP contribution < -0.4 is 21.3 Å². The van der Waals surface area contributed by atoms with Crippen molar-refractivity contribution in [3.63, 3.8) is 0 Å². The largest absolute Gasteiger partial charge is 0.361 e. The average Bonchev–Trinajstić information content (AvgIpc) is 3.43. The second kappa shape index (κ2) is 14.6. The molecule has 0 radical (unpaired) electrons. The highest BCUT2D eigenvalue weighted by Crippen LogP contribution is 2.21. The molecule has 2 heterocycles. The highest BCUT2D eigenvalue weighted by molar-refractivity contribution is 5.98. The predicted molar refractivity (Wildman–Crippen MR) is 160 cm³/mol. The monoisotopic (exact) mass is 589 g/mol. The van der Waals surface area contributed by atoms with Crippen molar-refractivity contribution in [2.45, 2.75) is 71.0 Å². The SMILES string of the molecule is Cc1cc(C(=O)N[C@@H](Cc2cccc3ccccc23)C(=O)N[C@@H](CC(C)C)C(=O)NC(C=O)C[C@@H]2CCCNC2=O)no1. The summed E-state index contributed by atoms with van der Waals surface area (Å²) in [6, 6.07) is 12.1. The van der Waals surface area contributed by atoms with Crippen molar-refractivity contribution in [3.8, 4) is 0 Å². The van der Waals surface area contributed by atoms with E-state index in [-0.39, 0.29) is 36.3 Å². The topological polar surface area (TPSA) is 160 Å². The van der Waals surface area contributed by atoms with Gasteiger partial charge in [-0.15, -0.1) is 0 Å². The Hall–Kier alpha value is -4.54. The van der Waals surface area contributed by atoms with E-state index < -0.39 is 35.8 Å². The van der Waals surface area contributed by atoms with Gasteiger partial charge in [-0.05, 0) is 54.9 Å². The zero-order valence-electron chi connectivity index (χ0n) is 24.7. The average molecular weight is 590 g/mol. The zero-order valence-corrected chi connectivity index (χ0v) is 24.7. The number of nitrogens with one attached hydrogen (secondary N) is 4. The smallest absolute Gasteiger partial charge is 0.274 e. The number of fused-ring (bicyclic) bond motifs is 1. The minimum Gasteiger partial charge on any atom is -0.361 e. The normalized spacial score (nSPS) is 17.0. The number of piperidine rings is 1. The molecule has 1 unspecified atom stereocenters. The van der Waals surface area contributed by atoms with Crippen LogP contribution in [0.3, 0.4) is 0 Å². The van der Waals surface area contributed by atoms with Crippen LogP contribution in [-0.4, -0.2) is 59.7 Å². The van der Waals surface area contributed by atoms with Crippen LogP contribution in [0.4, 0.5) is 0 Å². The van der Waals surface area contributed by atoms with E-state index in [1.54, 1.807) is 6.92 Å². The quantitative estimate of drug-likeness (QED) is 0.223. The molecule has 0 bridgehead atoms. The molecule has 4 rings (SSSR count). The molecule has 1 aromatic heterocycles. The van der Waals surface area contributed by atoms with Crippen molar-refractivity contribution < 1.29 is 28.5 Å². The van der Waals surface area contributed by atoms with E-state index in [1.807, 2.05) is 56.3 Å². The maximum atomic E-state index is 13.8. The van der Waals surface area contributed by atoms with Crippen LogP contribution in [0.15, 0.2) is 53.1 Å². The standard InChI is InChI=1S/C32H39N5O6/c1-19(2)14-26(30(40)34-24(18-38)16-23-11-7-13-33-29(23)39)35-31(41)27(36-32(42)28-15-20(3)43-37-28)17-22-10-6-9-21-8-4-5-12-25(21)22/h4-6,8-10,12,15,18-19,23-24,26-27H,7,11,13-14,16-17H2,1-3H3,(H,33,39)(H,34,40)(H,35,41)(H,36,42)/t23-,24?,26-,27-/m0/s1. The first-order valence-electron chi connectivity index (χ1n) is 14.7. The fraction of sp³-hybridized carbons (Fsp3) is 0.438. The van der Waals surface area contributed by atoms with E-state index in [0.29, 0.717) is 31.4 Å². The molecule has 228 valence electrons. The first kappa shape index (κ1) is 31.4. The summed E-state index contributed by atoms with van der Waals surface area (Å²) >= 11 is 0. The second-order valence-electron chi connectivity index (χ2n) is 11.5. The highest BCUT2D eigenvalue weighted by Gasteiger charge is 2.31. The van der Waals surface area contributed by atoms with Crippen molar-refractivity contribution in [2.75, 3.05) is 6.54 Å². The van der Waals surface area contributed by atoms with Crippen LogP contribution in [0.2, 0.25) is 0 Å². The van der Waals surface area contributed by atoms with Gasteiger partial charge in [-0.25, -0.2) is 0 Å². The Morgan fingerprint density at radius 2 is 1.79 bits per heavy atom. The maximum absolute atomic E-state index is 13.8. The van der Waals surface area contributed by atoms with Gasteiger partial charge in [0.05, 0.1) is 6.04 Å². The number of nitrogens with zero attached hydrogens (tertiary/aromatic N) is 1. The molecule has 1 fully saturated rings. The number of aryl methyl sites for hydroxylation is 1. The molecule has 4 N–H and O–H groups in total. The first-order valence-corrected chi connectivity index (χ1v) is 14.7. The third kappa shape index (κ3) is 8.50. The molecule has 1 aliphatic heterocycles. The van der Waals surface area contributed by atoms with Gasteiger partial charge in [0.1, 0.15) is 24.1 Å². The first-order chi connectivity index (χ1) is 20.6. The number of aldehydes is 1. The molecule has 2 aromatic carbocycles. The Morgan fingerprint density at radius 1 is 1.05 bits per heavy atom. The van der Waals surface area contributed by atoms with E-state index in [1.165, 1.54) is 6.07 Å². The predicted octanol–water partition coefficient (Wildman–Crippen LogP) is 2.61. The van der Waals surface area contributed by atoms with Crippen molar-refractivity contribution in [1.29, 1.82) is 0 Å². The lowest BCUT2D eigenvalue weighted by Gasteiger charge is -2.27. The van der Waals surface area contributed by atoms with Crippen LogP contribution in [0, 0.1) is 18.8 Å². The zero-order chi connectivity index (χ0) is 30.9. The molecule has 1 aliphatic rings. The number of carbonyl (C=O) groups excluding carboxylic acids is 5. The number of rotatable bonds is 13. The van der Waals surface area contributed by atoms with Gasteiger partial charge in [0.2, 0.25) is 17.7 Å². The number of hydrogen-bond donors (Lipinski definition) is 4. The summed E-state index contributed by atoms with van der Waals surface area (Å²) in [5.74, 6) is -1.71. The number of carbonyl (C=O) groups is 5. The van der Waals surface area contributed by atoms with Crippen molar-refractivity contribution >= 4 is 40.7 Å². The lowest BCUT2D eigenvalue weighted by molar-refractivity contribution is -0.132. The van der Waals surface area contributed by atoms with E-state index in [4.69, 9.17) is 4.52 Å². The molecule has 11 nitrogen and oxygen atoms in total. The lowest BCUT2D eigenvalue weighted by atomic mass is 9.91. The molecule has 4 amide bonds. The number of benzene rings is 2. The summed E-state index contributed by atoms with van der Waals surface area (Å²) < 4.78 is 5.03. The van der Waals surface area contributed by atoms with Crippen LogP contribution in [0.1, 0.15) is 61.3 Å². The van der Waals surface area contributed by atoms with Crippen LogP contribution in [-0.2, 0) is 25.6 Å². The van der Waals surface area contributed by atoms with Crippen LogP contribution in [0.5, 0.6) is 0 Å². The van der Waals surface area contributed by atoms with Gasteiger partial charge >= 0.3 is 0 Å². The van der Waals surface area contributed by atoms with Crippen LogP contribution in [0.25, 0.3) is 10.8 Å². The summed E-state index contributed by atoms with van der Waals surface area (Å²) in [6.07, 6.45) is 2.69. The number of aromatic nitrogens is 1. The number of amides is 4. The molecule has 4 atom stereocenters. The Bertz CT molecular complexity index is 1460. The van der Waals surface area contributed by atoms with Gasteiger partial charge in [-0.2, -0.15) is 0 Å². The van der Waals surface area contributed by atoms with Gasteiger partial charge in [-0.1, -0.05) is 61.5 Å². The fourth-order valence-corrected chi connectivity index (χ4v) is 5.38. The molecule has 3 aromatic rings. The van der Waals surface area contributed by atoms with Crippen molar-refractivity contribution in [3.05, 3.63) is 65.5 Å². The summed E-state index contributed by atoms with van der Waals surface area (Å²) in [5.41, 5.74) is 0.872. The van der Waals surface area contributed by atoms with E-state index in [0.717, 1.165) is 22.8 Å². The summed E-state index contributed by atoms with van der Waals surface area (Å²) in [5, 5.41) is 16.8. The summed E-state index contributed by atoms with van der Waals surface area (Å²) in [4.78, 5) is 64.4. The van der Waals surface area contributed by atoms with Gasteiger partial charge in [-0.3, -0.25) is 19.2 Å². The molecule has 1 saturated heterocycles. The van der Waals surface area contributed by atoms with E-state index >= 15 is 0 Å². The van der Waals surface area contributed by atoms with Crippen LogP contribution >= 0.6 is 0 Å². The maximum Gasteiger partial charge on any atom is 0.274 e. The van der Waals surface area contributed by atoms with Gasteiger partial charge in [0.15, 0.2) is 5.69 Å². The molecule has 11 heteroatoms. The summed E-state index contributed by atoms with van der Waals surface area (Å²) in [7, 11) is 0. The van der Waals surface area contributed by atoms with E-state index in [2.05, 4.69) is 26.4 Å². The second-order valence-corrected chi connectivity index (χ2v) is 11.5. The highest BCUT2D eigenvalue weighted by atomic mass is 16.5. The summed E-state index contributed by atoms with van der Waals surface area (Å²) in [6.45, 7) is 6.09. The van der Waals surface area contributed by atoms with Gasteiger partial charge in [0.25, 0.3) is 5.91 Å². The van der Waals surface area contributed by atoms with Crippen molar-refractivity contribution in [2.24, 2.45) is 11.8 Å². The Labute approximate surface area is 250 Å². The van der Waals surface area contributed by atoms with E-state index in [9.17, 15) is 24.0 Å². The van der Waals surface area contributed by atoms with Gasteiger partial charge in [0, 0.05) is 24.9 Å².